The first-order valence-electron chi connectivity index (χ1n) is 8.90. The van der Waals surface area contributed by atoms with E-state index < -0.39 is 15.9 Å². The third kappa shape index (κ3) is 5.44. The number of amides is 1. The van der Waals surface area contributed by atoms with Crippen LogP contribution >= 0.6 is 23.2 Å². The summed E-state index contributed by atoms with van der Waals surface area (Å²) in [6.45, 7) is 2.14. The molecule has 0 radical (unpaired) electrons. The lowest BCUT2D eigenvalue weighted by Crippen LogP contribution is -2.16. The molecule has 0 aliphatic heterocycles. The molecule has 3 aromatic carbocycles. The number of carbonyl (C=O) groups excluding carboxylic acids is 1. The van der Waals surface area contributed by atoms with E-state index in [1.54, 1.807) is 55.5 Å². The molecule has 0 saturated heterocycles. The standard InChI is InChI=1S/C21H18Cl2N2O4S/c1-2-29-20-12-11-18(30(27,28)25-17-9-7-16(23)8-10-17)13-19(20)24-21(26)14-3-5-15(22)6-4-14/h3-13,25H,2H2,1H3,(H,24,26). The van der Waals surface area contributed by atoms with Crippen molar-refractivity contribution in [2.24, 2.45) is 0 Å². The van der Waals surface area contributed by atoms with Crippen molar-refractivity contribution in [1.29, 1.82) is 0 Å². The first kappa shape index (κ1) is 22.0. The second-order valence-electron chi connectivity index (χ2n) is 6.16. The largest absolute Gasteiger partial charge is 0.492 e. The summed E-state index contributed by atoms with van der Waals surface area (Å²) in [6, 6.07) is 16.8. The van der Waals surface area contributed by atoms with E-state index in [1.807, 2.05) is 0 Å². The van der Waals surface area contributed by atoms with E-state index in [1.165, 1.54) is 18.2 Å². The molecule has 0 bridgehead atoms. The van der Waals surface area contributed by atoms with Crippen LogP contribution < -0.4 is 14.8 Å². The average Bonchev–Trinajstić information content (AvgIpc) is 2.71. The van der Waals surface area contributed by atoms with Gasteiger partial charge in [-0.3, -0.25) is 9.52 Å². The van der Waals surface area contributed by atoms with E-state index in [2.05, 4.69) is 10.0 Å². The van der Waals surface area contributed by atoms with Gasteiger partial charge in [-0.15, -0.1) is 0 Å². The molecule has 2 N–H and O–H groups in total. The molecule has 0 saturated carbocycles. The number of halogens is 2. The maximum Gasteiger partial charge on any atom is 0.261 e. The van der Waals surface area contributed by atoms with Crippen molar-refractivity contribution in [3.63, 3.8) is 0 Å². The monoisotopic (exact) mass is 464 g/mol. The zero-order chi connectivity index (χ0) is 21.7. The maximum absolute atomic E-state index is 12.8. The average molecular weight is 465 g/mol. The predicted octanol–water partition coefficient (Wildman–Crippen LogP) is 5.45. The van der Waals surface area contributed by atoms with Gasteiger partial charge in [-0.1, -0.05) is 23.2 Å². The lowest BCUT2D eigenvalue weighted by molar-refractivity contribution is 0.102. The highest BCUT2D eigenvalue weighted by molar-refractivity contribution is 7.92. The summed E-state index contributed by atoms with van der Waals surface area (Å²) >= 11 is 11.7. The third-order valence-corrected chi connectivity index (χ3v) is 5.90. The van der Waals surface area contributed by atoms with Crippen molar-refractivity contribution >= 4 is 50.5 Å². The van der Waals surface area contributed by atoms with Crippen LogP contribution in [0.25, 0.3) is 0 Å². The van der Waals surface area contributed by atoms with Gasteiger partial charge in [0, 0.05) is 21.3 Å². The van der Waals surface area contributed by atoms with Crippen molar-refractivity contribution in [2.45, 2.75) is 11.8 Å². The Morgan fingerprint density at radius 3 is 2.13 bits per heavy atom. The van der Waals surface area contributed by atoms with Gasteiger partial charge in [-0.05, 0) is 73.7 Å². The molecule has 0 aliphatic carbocycles. The Labute approximate surface area is 184 Å². The summed E-state index contributed by atoms with van der Waals surface area (Å²) in [5, 5.41) is 3.69. The van der Waals surface area contributed by atoms with Gasteiger partial charge in [0.1, 0.15) is 5.75 Å². The summed E-state index contributed by atoms with van der Waals surface area (Å²) in [5.74, 6) is -0.0712. The summed E-state index contributed by atoms with van der Waals surface area (Å²) < 4.78 is 33.6. The summed E-state index contributed by atoms with van der Waals surface area (Å²) in [4.78, 5) is 12.5. The van der Waals surface area contributed by atoms with Gasteiger partial charge in [0.15, 0.2) is 0 Å². The number of nitrogens with one attached hydrogen (secondary N) is 2. The molecule has 156 valence electrons. The second-order valence-corrected chi connectivity index (χ2v) is 8.72. The second kappa shape index (κ2) is 9.38. The van der Waals surface area contributed by atoms with Crippen LogP contribution in [0.4, 0.5) is 11.4 Å². The first-order chi connectivity index (χ1) is 14.3. The van der Waals surface area contributed by atoms with E-state index in [9.17, 15) is 13.2 Å². The SMILES string of the molecule is CCOc1ccc(S(=O)(=O)Nc2ccc(Cl)cc2)cc1NC(=O)c1ccc(Cl)cc1. The molecule has 0 fully saturated rings. The van der Waals surface area contributed by atoms with Crippen molar-refractivity contribution in [2.75, 3.05) is 16.6 Å². The molecule has 0 aliphatic rings. The Bertz CT molecular complexity index is 1150. The summed E-state index contributed by atoms with van der Waals surface area (Å²) in [7, 11) is -3.90. The van der Waals surface area contributed by atoms with Crippen LogP contribution in [-0.4, -0.2) is 20.9 Å². The van der Waals surface area contributed by atoms with Gasteiger partial charge in [0.2, 0.25) is 0 Å². The molecule has 0 heterocycles. The number of benzene rings is 3. The highest BCUT2D eigenvalue weighted by Crippen LogP contribution is 2.29. The molecule has 0 unspecified atom stereocenters. The Kier molecular flexibility index (Phi) is 6.87. The lowest BCUT2D eigenvalue weighted by atomic mass is 10.2. The number of hydrogen-bond donors (Lipinski definition) is 2. The highest BCUT2D eigenvalue weighted by Gasteiger charge is 2.18. The number of anilines is 2. The van der Waals surface area contributed by atoms with Gasteiger partial charge < -0.3 is 10.1 Å². The van der Waals surface area contributed by atoms with Crippen molar-refractivity contribution in [3.05, 3.63) is 82.3 Å². The molecular formula is C21H18Cl2N2O4S. The van der Waals surface area contributed by atoms with Crippen molar-refractivity contribution in [3.8, 4) is 5.75 Å². The minimum Gasteiger partial charge on any atom is -0.492 e. The molecule has 3 aromatic rings. The molecule has 9 heteroatoms. The normalized spacial score (nSPS) is 11.0. The van der Waals surface area contributed by atoms with Crippen LogP contribution in [0.2, 0.25) is 10.0 Å². The Hall–Kier alpha value is -2.74. The minimum atomic E-state index is -3.90. The summed E-state index contributed by atoms with van der Waals surface area (Å²) in [5.41, 5.74) is 0.963. The molecule has 0 aromatic heterocycles. The molecule has 1 amide bonds. The van der Waals surface area contributed by atoms with Crippen LogP contribution in [0.5, 0.6) is 5.75 Å². The van der Waals surface area contributed by atoms with Crippen molar-refractivity contribution < 1.29 is 17.9 Å². The Morgan fingerprint density at radius 2 is 1.53 bits per heavy atom. The van der Waals surface area contributed by atoms with Crippen LogP contribution in [-0.2, 0) is 10.0 Å². The molecule has 6 nitrogen and oxygen atoms in total. The predicted molar refractivity (Wildman–Crippen MR) is 119 cm³/mol. The molecule has 3 rings (SSSR count). The van der Waals surface area contributed by atoms with Gasteiger partial charge >= 0.3 is 0 Å². The van der Waals surface area contributed by atoms with Gasteiger partial charge in [0.25, 0.3) is 15.9 Å². The molecule has 0 atom stereocenters. The molecular weight excluding hydrogens is 447 g/mol. The van der Waals surface area contributed by atoms with E-state index in [0.29, 0.717) is 33.7 Å². The fourth-order valence-electron chi connectivity index (χ4n) is 2.58. The minimum absolute atomic E-state index is 0.0349. The maximum atomic E-state index is 12.8. The number of sulfonamides is 1. The van der Waals surface area contributed by atoms with Crippen LogP contribution in [0, 0.1) is 0 Å². The topological polar surface area (TPSA) is 84.5 Å². The molecule has 30 heavy (non-hydrogen) atoms. The highest BCUT2D eigenvalue weighted by atomic mass is 35.5. The number of hydrogen-bond acceptors (Lipinski definition) is 4. The molecule has 0 spiro atoms. The van der Waals surface area contributed by atoms with Crippen LogP contribution in [0.1, 0.15) is 17.3 Å². The zero-order valence-electron chi connectivity index (χ0n) is 15.9. The van der Waals surface area contributed by atoms with Crippen LogP contribution in [0.15, 0.2) is 71.6 Å². The summed E-state index contributed by atoms with van der Waals surface area (Å²) in [6.07, 6.45) is 0. The fourth-order valence-corrected chi connectivity index (χ4v) is 3.92. The van der Waals surface area contributed by atoms with Crippen LogP contribution in [0.3, 0.4) is 0 Å². The number of rotatable bonds is 7. The van der Waals surface area contributed by atoms with E-state index in [0.717, 1.165) is 0 Å². The zero-order valence-corrected chi connectivity index (χ0v) is 18.2. The number of carbonyl (C=O) groups is 1. The number of ether oxygens (including phenoxy) is 1. The first-order valence-corrected chi connectivity index (χ1v) is 11.1. The van der Waals surface area contributed by atoms with E-state index >= 15 is 0 Å². The van der Waals surface area contributed by atoms with Gasteiger partial charge in [-0.2, -0.15) is 0 Å². The Morgan fingerprint density at radius 1 is 0.933 bits per heavy atom. The van der Waals surface area contributed by atoms with E-state index in [-0.39, 0.29) is 10.6 Å². The van der Waals surface area contributed by atoms with E-state index in [4.69, 9.17) is 27.9 Å². The van der Waals surface area contributed by atoms with Crippen molar-refractivity contribution in [1.82, 2.24) is 0 Å². The van der Waals surface area contributed by atoms with Gasteiger partial charge in [0.05, 0.1) is 17.2 Å². The smallest absolute Gasteiger partial charge is 0.261 e. The third-order valence-electron chi connectivity index (χ3n) is 4.01. The quantitative estimate of drug-likeness (QED) is 0.486. The van der Waals surface area contributed by atoms with Gasteiger partial charge in [-0.25, -0.2) is 8.42 Å². The lowest BCUT2D eigenvalue weighted by Gasteiger charge is -2.14. The Balaban J connectivity index is 1.90. The fraction of sp³-hybridized carbons (Fsp3) is 0.0952.